The predicted molar refractivity (Wildman–Crippen MR) is 64.2 cm³/mol. The van der Waals surface area contributed by atoms with Gasteiger partial charge in [-0.15, -0.1) is 0 Å². The lowest BCUT2D eigenvalue weighted by Crippen LogP contribution is -2.46. The predicted octanol–water partition coefficient (Wildman–Crippen LogP) is 1.42. The molecule has 1 atom stereocenters. The third kappa shape index (κ3) is 6.80. The molecular weight excluding hydrogens is 206 g/mol. The summed E-state index contributed by atoms with van der Waals surface area (Å²) in [4.78, 5) is 13.5. The van der Waals surface area contributed by atoms with Gasteiger partial charge in [-0.05, 0) is 48.6 Å². The summed E-state index contributed by atoms with van der Waals surface area (Å²) in [7, 11) is 1.80. The second kappa shape index (κ2) is 5.15. The molecule has 1 unspecified atom stereocenters. The highest BCUT2D eigenvalue weighted by Crippen LogP contribution is 2.12. The highest BCUT2D eigenvalue weighted by Gasteiger charge is 2.27. The molecule has 0 aliphatic heterocycles. The van der Waals surface area contributed by atoms with Crippen LogP contribution in [0.25, 0.3) is 0 Å². The van der Waals surface area contributed by atoms with Gasteiger partial charge in [0.1, 0.15) is 11.6 Å². The second-order valence-electron chi connectivity index (χ2n) is 5.94. The third-order valence-corrected chi connectivity index (χ3v) is 2.05. The van der Waals surface area contributed by atoms with Crippen LogP contribution in [-0.2, 0) is 9.53 Å². The summed E-state index contributed by atoms with van der Waals surface area (Å²) in [5.74, 6) is -0.265. The van der Waals surface area contributed by atoms with Gasteiger partial charge in [0.15, 0.2) is 0 Å². The largest absolute Gasteiger partial charge is 0.459 e. The van der Waals surface area contributed by atoms with Crippen LogP contribution >= 0.6 is 0 Å². The SMILES string of the molecule is CC(C(=O)OC(C)(C)C)N(C)CC(C)(C)O. The first-order valence-corrected chi connectivity index (χ1v) is 5.58. The van der Waals surface area contributed by atoms with Crippen LogP contribution in [0.5, 0.6) is 0 Å². The molecule has 0 aromatic rings. The van der Waals surface area contributed by atoms with Crippen molar-refractivity contribution >= 4 is 5.97 Å². The Morgan fingerprint density at radius 3 is 2.06 bits per heavy atom. The van der Waals surface area contributed by atoms with Crippen molar-refractivity contribution < 1.29 is 14.6 Å². The van der Waals surface area contributed by atoms with E-state index in [4.69, 9.17) is 4.74 Å². The third-order valence-electron chi connectivity index (χ3n) is 2.05. The van der Waals surface area contributed by atoms with Crippen LogP contribution in [0.2, 0.25) is 0 Å². The Bertz CT molecular complexity index is 238. The molecule has 4 heteroatoms. The molecule has 4 nitrogen and oxygen atoms in total. The van der Waals surface area contributed by atoms with E-state index in [0.29, 0.717) is 6.54 Å². The molecule has 0 saturated heterocycles. The zero-order valence-electron chi connectivity index (χ0n) is 11.5. The highest BCUT2D eigenvalue weighted by molar-refractivity contribution is 5.75. The summed E-state index contributed by atoms with van der Waals surface area (Å²) >= 11 is 0. The smallest absolute Gasteiger partial charge is 0.323 e. The molecule has 0 aliphatic rings. The van der Waals surface area contributed by atoms with Crippen molar-refractivity contribution in [3.63, 3.8) is 0 Å². The van der Waals surface area contributed by atoms with Crippen molar-refractivity contribution in [2.45, 2.75) is 58.8 Å². The number of ether oxygens (including phenoxy) is 1. The van der Waals surface area contributed by atoms with Crippen molar-refractivity contribution in [3.8, 4) is 0 Å². The number of hydrogen-bond donors (Lipinski definition) is 1. The summed E-state index contributed by atoms with van der Waals surface area (Å²) < 4.78 is 5.27. The van der Waals surface area contributed by atoms with Crippen molar-refractivity contribution in [1.82, 2.24) is 4.90 Å². The van der Waals surface area contributed by atoms with E-state index < -0.39 is 11.2 Å². The van der Waals surface area contributed by atoms with E-state index in [9.17, 15) is 9.90 Å². The summed E-state index contributed by atoms with van der Waals surface area (Å²) in [5.41, 5.74) is -1.29. The Hall–Kier alpha value is -0.610. The number of aliphatic hydroxyl groups is 1. The standard InChI is InChI=1S/C12H25NO3/c1-9(10(14)16-11(2,3)4)13(7)8-12(5,6)15/h9,15H,8H2,1-7H3. The minimum absolute atomic E-state index is 0.265. The molecule has 0 bridgehead atoms. The second-order valence-corrected chi connectivity index (χ2v) is 5.94. The van der Waals surface area contributed by atoms with Crippen LogP contribution in [0.15, 0.2) is 0 Å². The van der Waals surface area contributed by atoms with Gasteiger partial charge in [0, 0.05) is 6.54 Å². The van der Waals surface area contributed by atoms with Gasteiger partial charge >= 0.3 is 5.97 Å². The fourth-order valence-electron chi connectivity index (χ4n) is 1.31. The zero-order valence-corrected chi connectivity index (χ0v) is 11.5. The molecule has 0 heterocycles. The van der Waals surface area contributed by atoms with Crippen LogP contribution in [0.4, 0.5) is 0 Å². The van der Waals surface area contributed by atoms with Crippen molar-refractivity contribution in [1.29, 1.82) is 0 Å². The normalized spacial score (nSPS) is 15.1. The lowest BCUT2D eigenvalue weighted by atomic mass is 10.1. The first kappa shape index (κ1) is 15.4. The topological polar surface area (TPSA) is 49.8 Å². The van der Waals surface area contributed by atoms with E-state index in [1.807, 2.05) is 20.8 Å². The lowest BCUT2D eigenvalue weighted by Gasteiger charge is -2.31. The number of nitrogens with zero attached hydrogens (tertiary/aromatic N) is 1. The molecule has 0 rings (SSSR count). The molecule has 0 aliphatic carbocycles. The first-order chi connectivity index (χ1) is 6.92. The summed E-state index contributed by atoms with van der Waals surface area (Å²) in [6.07, 6.45) is 0. The molecule has 0 radical (unpaired) electrons. The Kier molecular flexibility index (Phi) is 4.95. The molecular formula is C12H25NO3. The van der Waals surface area contributed by atoms with Gasteiger partial charge in [0.2, 0.25) is 0 Å². The van der Waals surface area contributed by atoms with Crippen LogP contribution in [-0.4, -0.2) is 46.8 Å². The van der Waals surface area contributed by atoms with Gasteiger partial charge in [0.05, 0.1) is 5.60 Å². The Labute approximate surface area is 98.6 Å². The summed E-state index contributed by atoms with van der Waals surface area (Å²) in [6, 6.07) is -0.356. The van der Waals surface area contributed by atoms with Crippen LogP contribution < -0.4 is 0 Å². The van der Waals surface area contributed by atoms with Crippen LogP contribution in [0.1, 0.15) is 41.5 Å². The van der Waals surface area contributed by atoms with E-state index in [1.54, 1.807) is 32.7 Å². The van der Waals surface area contributed by atoms with E-state index in [0.717, 1.165) is 0 Å². The maximum Gasteiger partial charge on any atom is 0.323 e. The number of esters is 1. The van der Waals surface area contributed by atoms with Crippen molar-refractivity contribution in [2.75, 3.05) is 13.6 Å². The van der Waals surface area contributed by atoms with E-state index >= 15 is 0 Å². The van der Waals surface area contributed by atoms with Gasteiger partial charge in [-0.1, -0.05) is 0 Å². The van der Waals surface area contributed by atoms with E-state index in [1.165, 1.54) is 0 Å². The highest BCUT2D eigenvalue weighted by atomic mass is 16.6. The number of carbonyl (C=O) groups excluding carboxylic acids is 1. The Balaban J connectivity index is 4.34. The van der Waals surface area contributed by atoms with Crippen molar-refractivity contribution in [3.05, 3.63) is 0 Å². The van der Waals surface area contributed by atoms with E-state index in [-0.39, 0.29) is 12.0 Å². The average molecular weight is 231 g/mol. The molecule has 1 N–H and O–H groups in total. The summed E-state index contributed by atoms with van der Waals surface area (Å²) in [6.45, 7) is 11.2. The quantitative estimate of drug-likeness (QED) is 0.743. The average Bonchev–Trinajstić information content (AvgIpc) is 1.96. The number of likely N-dealkylation sites (N-methyl/N-ethyl adjacent to an activating group) is 1. The Morgan fingerprint density at radius 1 is 1.31 bits per heavy atom. The van der Waals surface area contributed by atoms with Crippen LogP contribution in [0.3, 0.4) is 0 Å². The summed E-state index contributed by atoms with van der Waals surface area (Å²) in [5, 5.41) is 9.66. The minimum Gasteiger partial charge on any atom is -0.459 e. The molecule has 16 heavy (non-hydrogen) atoms. The Morgan fingerprint density at radius 2 is 1.75 bits per heavy atom. The number of hydrogen-bond acceptors (Lipinski definition) is 4. The maximum absolute atomic E-state index is 11.7. The molecule has 0 aromatic heterocycles. The monoisotopic (exact) mass is 231 g/mol. The van der Waals surface area contributed by atoms with Gasteiger partial charge in [0.25, 0.3) is 0 Å². The molecule has 96 valence electrons. The minimum atomic E-state index is -0.814. The van der Waals surface area contributed by atoms with Crippen LogP contribution in [0, 0.1) is 0 Å². The molecule has 0 aromatic carbocycles. The van der Waals surface area contributed by atoms with E-state index in [2.05, 4.69) is 0 Å². The fourth-order valence-corrected chi connectivity index (χ4v) is 1.31. The van der Waals surface area contributed by atoms with Crippen molar-refractivity contribution in [2.24, 2.45) is 0 Å². The lowest BCUT2D eigenvalue weighted by molar-refractivity contribution is -0.161. The van der Waals surface area contributed by atoms with Gasteiger partial charge in [-0.2, -0.15) is 0 Å². The molecule has 0 spiro atoms. The van der Waals surface area contributed by atoms with Gasteiger partial charge in [-0.3, -0.25) is 9.69 Å². The molecule has 0 fully saturated rings. The maximum atomic E-state index is 11.7. The fraction of sp³-hybridized carbons (Fsp3) is 0.917. The molecule has 0 saturated carbocycles. The van der Waals surface area contributed by atoms with Gasteiger partial charge < -0.3 is 9.84 Å². The molecule has 0 amide bonds. The number of rotatable bonds is 4. The first-order valence-electron chi connectivity index (χ1n) is 5.58. The number of carbonyl (C=O) groups is 1. The zero-order chi connectivity index (χ0) is 13.1. The van der Waals surface area contributed by atoms with Gasteiger partial charge in [-0.25, -0.2) is 0 Å².